The van der Waals surface area contributed by atoms with Gasteiger partial charge in [0.05, 0.1) is 22.6 Å². The Balaban J connectivity index is 2.35. The summed E-state index contributed by atoms with van der Waals surface area (Å²) in [4.78, 5) is 11.2. The molecule has 1 aromatic carbocycles. The van der Waals surface area contributed by atoms with E-state index in [1.807, 2.05) is 27.7 Å². The van der Waals surface area contributed by atoms with Gasteiger partial charge in [-0.3, -0.25) is 4.79 Å². The highest BCUT2D eigenvalue weighted by Crippen LogP contribution is 2.42. The third-order valence-electron chi connectivity index (χ3n) is 4.37. The zero-order valence-electron chi connectivity index (χ0n) is 13.0. The SMILES string of the molecule is CC1(C)OB(C(CC(=O)O)c2ccc(Cl)c(F)c2)OC1(C)C. The molecule has 0 amide bonds. The van der Waals surface area contributed by atoms with Gasteiger partial charge in [0.15, 0.2) is 0 Å². The molecule has 1 N–H and O–H groups in total. The van der Waals surface area contributed by atoms with Gasteiger partial charge in [0, 0.05) is 5.82 Å². The Kier molecular flexibility index (Phi) is 4.57. The van der Waals surface area contributed by atoms with E-state index in [1.54, 1.807) is 6.07 Å². The maximum Gasteiger partial charge on any atom is 0.466 e. The van der Waals surface area contributed by atoms with Gasteiger partial charge in [-0.05, 0) is 45.4 Å². The van der Waals surface area contributed by atoms with Crippen LogP contribution in [0.1, 0.15) is 45.5 Å². The van der Waals surface area contributed by atoms with Crippen molar-refractivity contribution in [3.8, 4) is 0 Å². The Morgan fingerprint density at radius 1 is 1.32 bits per heavy atom. The van der Waals surface area contributed by atoms with Crippen LogP contribution in [0.15, 0.2) is 18.2 Å². The normalized spacial score (nSPS) is 20.9. The molecule has 1 heterocycles. The first-order valence-electron chi connectivity index (χ1n) is 7.06. The number of benzene rings is 1. The molecule has 1 aliphatic rings. The lowest BCUT2D eigenvalue weighted by Gasteiger charge is -2.32. The lowest BCUT2D eigenvalue weighted by molar-refractivity contribution is -0.137. The number of hydrogen-bond acceptors (Lipinski definition) is 3. The molecule has 0 radical (unpaired) electrons. The molecule has 0 spiro atoms. The van der Waals surface area contributed by atoms with Crippen LogP contribution in [0, 0.1) is 5.82 Å². The Morgan fingerprint density at radius 2 is 1.86 bits per heavy atom. The summed E-state index contributed by atoms with van der Waals surface area (Å²) in [6, 6.07) is 4.25. The van der Waals surface area contributed by atoms with Crippen LogP contribution >= 0.6 is 11.6 Å². The lowest BCUT2D eigenvalue weighted by atomic mass is 9.66. The molecule has 1 fully saturated rings. The van der Waals surface area contributed by atoms with E-state index in [1.165, 1.54) is 12.1 Å². The van der Waals surface area contributed by atoms with Crippen molar-refractivity contribution in [3.05, 3.63) is 34.6 Å². The summed E-state index contributed by atoms with van der Waals surface area (Å²) in [6.07, 6.45) is -0.224. The summed E-state index contributed by atoms with van der Waals surface area (Å²) >= 11 is 5.69. The van der Waals surface area contributed by atoms with Crippen LogP contribution in [0.25, 0.3) is 0 Å². The van der Waals surface area contributed by atoms with Crippen molar-refractivity contribution >= 4 is 24.7 Å². The first kappa shape index (κ1) is 17.3. The average Bonchev–Trinajstić information content (AvgIpc) is 2.59. The molecular weight excluding hydrogens is 309 g/mol. The highest BCUT2D eigenvalue weighted by Gasteiger charge is 2.54. The highest BCUT2D eigenvalue weighted by atomic mass is 35.5. The molecular formula is C15H19BClFO4. The molecule has 22 heavy (non-hydrogen) atoms. The molecule has 120 valence electrons. The predicted molar refractivity (Wildman–Crippen MR) is 82.5 cm³/mol. The van der Waals surface area contributed by atoms with E-state index in [9.17, 15) is 9.18 Å². The van der Waals surface area contributed by atoms with E-state index in [0.29, 0.717) is 5.56 Å². The Labute approximate surface area is 134 Å². The van der Waals surface area contributed by atoms with Crippen molar-refractivity contribution in [2.75, 3.05) is 0 Å². The molecule has 0 saturated carbocycles. The molecule has 7 heteroatoms. The van der Waals surface area contributed by atoms with E-state index >= 15 is 0 Å². The van der Waals surface area contributed by atoms with E-state index in [4.69, 9.17) is 26.0 Å². The van der Waals surface area contributed by atoms with Crippen molar-refractivity contribution in [2.24, 2.45) is 0 Å². The minimum absolute atomic E-state index is 0.00765. The highest BCUT2D eigenvalue weighted by molar-refractivity contribution is 6.48. The molecule has 0 aromatic heterocycles. The summed E-state index contributed by atoms with van der Waals surface area (Å²) in [7, 11) is -0.762. The van der Waals surface area contributed by atoms with Crippen molar-refractivity contribution < 1.29 is 23.6 Å². The van der Waals surface area contributed by atoms with Crippen LogP contribution in [0.4, 0.5) is 4.39 Å². The fraction of sp³-hybridized carbons (Fsp3) is 0.533. The molecule has 1 aromatic rings. The summed E-state index contributed by atoms with van der Waals surface area (Å²) < 4.78 is 25.5. The second kappa shape index (κ2) is 5.83. The lowest BCUT2D eigenvalue weighted by Crippen LogP contribution is -2.41. The van der Waals surface area contributed by atoms with Crippen LogP contribution in [0.3, 0.4) is 0 Å². The second-order valence-electron chi connectivity index (χ2n) is 6.50. The van der Waals surface area contributed by atoms with Crippen LogP contribution in [-0.4, -0.2) is 29.4 Å². The Bertz CT molecular complexity index is 575. The van der Waals surface area contributed by atoms with Crippen molar-refractivity contribution in [2.45, 2.75) is 51.1 Å². The van der Waals surface area contributed by atoms with Crippen LogP contribution < -0.4 is 0 Å². The molecule has 2 rings (SSSR count). The number of aliphatic carboxylic acids is 1. The summed E-state index contributed by atoms with van der Waals surface area (Å²) in [5, 5.41) is 9.15. The van der Waals surface area contributed by atoms with Crippen LogP contribution in [0.5, 0.6) is 0 Å². The van der Waals surface area contributed by atoms with Gasteiger partial charge in [0.1, 0.15) is 5.82 Å². The van der Waals surface area contributed by atoms with E-state index in [2.05, 4.69) is 0 Å². The predicted octanol–water partition coefficient (Wildman–Crippen LogP) is 3.67. The van der Waals surface area contributed by atoms with Gasteiger partial charge in [-0.25, -0.2) is 4.39 Å². The Morgan fingerprint density at radius 3 is 2.32 bits per heavy atom. The third-order valence-corrected chi connectivity index (χ3v) is 4.67. The smallest absolute Gasteiger partial charge is 0.466 e. The minimum Gasteiger partial charge on any atom is -0.481 e. The van der Waals surface area contributed by atoms with E-state index in [-0.39, 0.29) is 11.4 Å². The second-order valence-corrected chi connectivity index (χ2v) is 6.91. The van der Waals surface area contributed by atoms with Gasteiger partial charge in [0.2, 0.25) is 0 Å². The number of rotatable bonds is 4. The average molecular weight is 329 g/mol. The van der Waals surface area contributed by atoms with Gasteiger partial charge in [0.25, 0.3) is 0 Å². The van der Waals surface area contributed by atoms with Crippen LogP contribution in [0.2, 0.25) is 5.02 Å². The van der Waals surface area contributed by atoms with Gasteiger partial charge < -0.3 is 14.4 Å². The molecule has 0 aliphatic carbocycles. The standard InChI is InChI=1S/C15H19BClFO4/c1-14(2)15(3,4)22-16(21-14)10(8-13(19)20)9-5-6-11(17)12(18)7-9/h5-7,10H,8H2,1-4H3,(H,19,20). The largest absolute Gasteiger partial charge is 0.481 e. The molecule has 1 aliphatic heterocycles. The third kappa shape index (κ3) is 3.29. The fourth-order valence-electron chi connectivity index (χ4n) is 2.36. The molecule has 1 saturated heterocycles. The molecule has 1 unspecified atom stereocenters. The maximum atomic E-state index is 13.7. The summed E-state index contributed by atoms with van der Waals surface area (Å²) in [6.45, 7) is 7.53. The number of carbonyl (C=O) groups is 1. The zero-order valence-corrected chi connectivity index (χ0v) is 13.8. The van der Waals surface area contributed by atoms with Crippen molar-refractivity contribution in [1.29, 1.82) is 0 Å². The van der Waals surface area contributed by atoms with Crippen molar-refractivity contribution in [3.63, 3.8) is 0 Å². The number of halogens is 2. The van der Waals surface area contributed by atoms with Crippen molar-refractivity contribution in [1.82, 2.24) is 0 Å². The quantitative estimate of drug-likeness (QED) is 0.857. The van der Waals surface area contributed by atoms with Gasteiger partial charge >= 0.3 is 13.1 Å². The first-order valence-corrected chi connectivity index (χ1v) is 7.44. The van der Waals surface area contributed by atoms with E-state index < -0.39 is 35.9 Å². The number of carboxylic acid groups (broad SMARTS) is 1. The zero-order chi connectivity index (χ0) is 16.7. The topological polar surface area (TPSA) is 55.8 Å². The van der Waals surface area contributed by atoms with E-state index in [0.717, 1.165) is 0 Å². The molecule has 4 nitrogen and oxygen atoms in total. The Hall–Kier alpha value is -1.11. The monoisotopic (exact) mass is 328 g/mol. The maximum absolute atomic E-state index is 13.7. The molecule has 0 bridgehead atoms. The summed E-state index contributed by atoms with van der Waals surface area (Å²) in [5.41, 5.74) is -0.679. The van der Waals surface area contributed by atoms with Gasteiger partial charge in [-0.1, -0.05) is 17.7 Å². The van der Waals surface area contributed by atoms with Crippen LogP contribution in [-0.2, 0) is 14.1 Å². The number of hydrogen-bond donors (Lipinski definition) is 1. The minimum atomic E-state index is -1.00. The fourth-order valence-corrected chi connectivity index (χ4v) is 2.47. The van der Waals surface area contributed by atoms with Gasteiger partial charge in [-0.2, -0.15) is 0 Å². The first-order chi connectivity index (χ1) is 10.0. The number of carboxylic acids is 1. The summed E-state index contributed by atoms with van der Waals surface area (Å²) in [5.74, 6) is -2.22. The molecule has 1 atom stereocenters. The van der Waals surface area contributed by atoms with Gasteiger partial charge in [-0.15, -0.1) is 0 Å².